The van der Waals surface area contributed by atoms with Gasteiger partial charge in [0.2, 0.25) is 0 Å². The Labute approximate surface area is 160 Å². The maximum absolute atomic E-state index is 12.3. The Kier molecular flexibility index (Phi) is 3.72. The fraction of sp³-hybridized carbons (Fsp3) is 0.143. The Bertz CT molecular complexity index is 1180. The Morgan fingerprint density at radius 1 is 1.07 bits per heavy atom. The molecule has 2 N–H and O–H groups in total. The summed E-state index contributed by atoms with van der Waals surface area (Å²) in [4.78, 5) is 17.0. The number of fused-ring (bicyclic) bond motifs is 2. The molecule has 134 valence electrons. The lowest BCUT2D eigenvalue weighted by Crippen LogP contribution is -2.19. The normalized spacial score (nSPS) is 12.5. The highest BCUT2D eigenvalue weighted by Crippen LogP contribution is 2.39. The molecule has 5 rings (SSSR count). The van der Waals surface area contributed by atoms with Crippen LogP contribution < -0.4 is 15.4 Å². The quantitative estimate of drug-likeness (QED) is 0.517. The lowest BCUT2D eigenvalue weighted by Gasteiger charge is -2.06. The summed E-state index contributed by atoms with van der Waals surface area (Å²) >= 11 is 1.51. The van der Waals surface area contributed by atoms with E-state index in [0.29, 0.717) is 10.8 Å². The van der Waals surface area contributed by atoms with Crippen molar-refractivity contribution in [2.75, 3.05) is 17.7 Å². The highest BCUT2D eigenvalue weighted by Gasteiger charge is 2.18. The number of carbonyl (C=O) groups excluding carboxylic acids is 1. The number of thiazole rings is 1. The SMILES string of the molecule is COc1ccc(NC(=O)Nc2nc3c(cc4c5c(cccc53)CC4)s2)cc1. The standard InChI is InChI=1S/C21H17N3O2S/c1-26-15-9-7-14(8-10-15)22-20(25)24-21-23-19-16-4-2-3-12-5-6-13(18(12)16)11-17(19)27-21/h2-4,7-11H,5-6H2,1H3,(H2,22,23,24,25). The first-order chi connectivity index (χ1) is 13.2. The van der Waals surface area contributed by atoms with Crippen molar-refractivity contribution in [1.29, 1.82) is 0 Å². The van der Waals surface area contributed by atoms with E-state index in [-0.39, 0.29) is 6.03 Å². The van der Waals surface area contributed by atoms with Crippen molar-refractivity contribution < 1.29 is 9.53 Å². The van der Waals surface area contributed by atoms with E-state index in [1.54, 1.807) is 31.4 Å². The number of ether oxygens (including phenoxy) is 1. The number of benzene rings is 3. The predicted molar refractivity (Wildman–Crippen MR) is 110 cm³/mol. The maximum atomic E-state index is 12.3. The van der Waals surface area contributed by atoms with Crippen molar-refractivity contribution in [3.8, 4) is 5.75 Å². The fourth-order valence-electron chi connectivity index (χ4n) is 3.69. The number of hydrogen-bond acceptors (Lipinski definition) is 4. The van der Waals surface area contributed by atoms with Gasteiger partial charge in [-0.1, -0.05) is 29.5 Å². The summed E-state index contributed by atoms with van der Waals surface area (Å²) in [5, 5.41) is 8.78. The van der Waals surface area contributed by atoms with Crippen molar-refractivity contribution in [2.45, 2.75) is 12.8 Å². The first kappa shape index (κ1) is 16.1. The van der Waals surface area contributed by atoms with Crippen LogP contribution in [0.15, 0.2) is 48.5 Å². The number of methoxy groups -OCH3 is 1. The van der Waals surface area contributed by atoms with Gasteiger partial charge in [-0.3, -0.25) is 5.32 Å². The Balaban J connectivity index is 1.43. The Morgan fingerprint density at radius 2 is 1.89 bits per heavy atom. The van der Waals surface area contributed by atoms with Crippen molar-refractivity contribution in [3.05, 3.63) is 59.7 Å². The van der Waals surface area contributed by atoms with E-state index in [9.17, 15) is 4.79 Å². The molecular formula is C21H17N3O2S. The van der Waals surface area contributed by atoms with Crippen LogP contribution in [0.3, 0.4) is 0 Å². The molecule has 0 saturated heterocycles. The number of anilines is 2. The molecule has 0 spiro atoms. The largest absolute Gasteiger partial charge is 0.497 e. The van der Waals surface area contributed by atoms with Gasteiger partial charge in [0, 0.05) is 11.1 Å². The molecule has 1 heterocycles. The van der Waals surface area contributed by atoms with Gasteiger partial charge >= 0.3 is 6.03 Å². The molecule has 1 aliphatic rings. The average molecular weight is 375 g/mol. The minimum atomic E-state index is -0.309. The molecule has 1 aromatic heterocycles. The van der Waals surface area contributed by atoms with Crippen LogP contribution in [-0.4, -0.2) is 18.1 Å². The maximum Gasteiger partial charge on any atom is 0.325 e. The minimum absolute atomic E-state index is 0.309. The lowest BCUT2D eigenvalue weighted by atomic mass is 10.0. The summed E-state index contributed by atoms with van der Waals surface area (Å²) in [5.74, 6) is 0.746. The number of rotatable bonds is 3. The summed E-state index contributed by atoms with van der Waals surface area (Å²) in [5.41, 5.74) is 4.43. The first-order valence-electron chi connectivity index (χ1n) is 8.77. The third kappa shape index (κ3) is 2.78. The Hall–Kier alpha value is -3.12. The van der Waals surface area contributed by atoms with Crippen LogP contribution in [0.5, 0.6) is 5.75 Å². The number of amides is 2. The number of nitrogens with one attached hydrogen (secondary N) is 2. The van der Waals surface area contributed by atoms with Gasteiger partial charge < -0.3 is 10.1 Å². The Morgan fingerprint density at radius 3 is 2.70 bits per heavy atom. The number of aromatic nitrogens is 1. The molecule has 0 radical (unpaired) electrons. The van der Waals surface area contributed by atoms with Crippen molar-refractivity contribution in [1.82, 2.24) is 4.98 Å². The number of hydrogen-bond donors (Lipinski definition) is 2. The molecule has 0 unspecified atom stereocenters. The van der Waals surface area contributed by atoms with Crippen molar-refractivity contribution in [3.63, 3.8) is 0 Å². The second-order valence-electron chi connectivity index (χ2n) is 6.55. The van der Waals surface area contributed by atoms with Crippen LogP contribution >= 0.6 is 11.3 Å². The van der Waals surface area contributed by atoms with Gasteiger partial charge in [-0.15, -0.1) is 0 Å². The molecule has 0 saturated carbocycles. The number of nitrogens with zero attached hydrogens (tertiary/aromatic N) is 1. The molecule has 5 nitrogen and oxygen atoms in total. The van der Waals surface area contributed by atoms with Crippen LogP contribution in [0.1, 0.15) is 11.1 Å². The molecular weight excluding hydrogens is 358 g/mol. The molecule has 2 amide bonds. The second-order valence-corrected chi connectivity index (χ2v) is 7.58. The van der Waals surface area contributed by atoms with E-state index in [4.69, 9.17) is 4.74 Å². The second kappa shape index (κ2) is 6.25. The smallest absolute Gasteiger partial charge is 0.325 e. The van der Waals surface area contributed by atoms with E-state index in [0.717, 1.165) is 28.8 Å². The van der Waals surface area contributed by atoms with Crippen LogP contribution in [0.2, 0.25) is 0 Å². The summed E-state index contributed by atoms with van der Waals surface area (Å²) < 4.78 is 6.23. The lowest BCUT2D eigenvalue weighted by molar-refractivity contribution is 0.262. The van der Waals surface area contributed by atoms with Crippen molar-refractivity contribution in [2.24, 2.45) is 0 Å². The molecule has 4 aromatic rings. The zero-order chi connectivity index (χ0) is 18.4. The van der Waals surface area contributed by atoms with E-state index in [2.05, 4.69) is 39.9 Å². The number of carbonyl (C=O) groups is 1. The molecule has 6 heteroatoms. The zero-order valence-electron chi connectivity index (χ0n) is 14.7. The summed E-state index contributed by atoms with van der Waals surface area (Å²) in [6.45, 7) is 0. The number of aryl methyl sites for hydroxylation is 2. The van der Waals surface area contributed by atoms with E-state index in [1.807, 2.05) is 0 Å². The molecule has 0 atom stereocenters. The van der Waals surface area contributed by atoms with Gasteiger partial charge in [0.1, 0.15) is 5.75 Å². The van der Waals surface area contributed by atoms with E-state index in [1.165, 1.54) is 33.2 Å². The molecule has 0 aliphatic heterocycles. The first-order valence-corrected chi connectivity index (χ1v) is 9.59. The molecule has 3 aromatic carbocycles. The van der Waals surface area contributed by atoms with Crippen LogP contribution in [0, 0.1) is 0 Å². The van der Waals surface area contributed by atoms with Crippen LogP contribution in [0.25, 0.3) is 21.0 Å². The fourth-order valence-corrected chi connectivity index (χ4v) is 4.63. The average Bonchev–Trinajstić information content (AvgIpc) is 3.27. The highest BCUT2D eigenvalue weighted by atomic mass is 32.1. The van der Waals surface area contributed by atoms with Crippen molar-refractivity contribution >= 4 is 49.2 Å². The van der Waals surface area contributed by atoms with Gasteiger partial charge in [-0.05, 0) is 59.7 Å². The zero-order valence-corrected chi connectivity index (χ0v) is 15.5. The summed E-state index contributed by atoms with van der Waals surface area (Å²) in [7, 11) is 1.61. The predicted octanol–water partition coefficient (Wildman–Crippen LogP) is 5.20. The van der Waals surface area contributed by atoms with Gasteiger partial charge in [0.15, 0.2) is 5.13 Å². The van der Waals surface area contributed by atoms with Gasteiger partial charge in [-0.2, -0.15) is 0 Å². The molecule has 0 fully saturated rings. The molecule has 27 heavy (non-hydrogen) atoms. The van der Waals surface area contributed by atoms with E-state index >= 15 is 0 Å². The monoisotopic (exact) mass is 375 g/mol. The summed E-state index contributed by atoms with van der Waals surface area (Å²) in [6.07, 6.45) is 2.17. The van der Waals surface area contributed by atoms with E-state index < -0.39 is 0 Å². The van der Waals surface area contributed by atoms with Crippen LogP contribution in [0.4, 0.5) is 15.6 Å². The molecule has 1 aliphatic carbocycles. The van der Waals surface area contributed by atoms with Crippen LogP contribution in [-0.2, 0) is 12.8 Å². The van der Waals surface area contributed by atoms with Gasteiger partial charge in [-0.25, -0.2) is 9.78 Å². The minimum Gasteiger partial charge on any atom is -0.497 e. The number of urea groups is 1. The van der Waals surface area contributed by atoms with Gasteiger partial charge in [0.05, 0.1) is 17.3 Å². The summed E-state index contributed by atoms with van der Waals surface area (Å²) in [6, 6.07) is 15.5. The molecule has 0 bridgehead atoms. The highest BCUT2D eigenvalue weighted by molar-refractivity contribution is 7.22. The third-order valence-corrected chi connectivity index (χ3v) is 5.84. The topological polar surface area (TPSA) is 63.2 Å². The van der Waals surface area contributed by atoms with Gasteiger partial charge in [0.25, 0.3) is 0 Å². The third-order valence-electron chi connectivity index (χ3n) is 4.92.